The molecule has 0 bridgehead atoms. The zero-order valence-electron chi connectivity index (χ0n) is 16.7. The molecule has 0 N–H and O–H groups in total. The topological polar surface area (TPSA) is 64.5 Å². The minimum absolute atomic E-state index is 0.115. The lowest BCUT2D eigenvalue weighted by atomic mass is 10.0. The first-order valence-electron chi connectivity index (χ1n) is 10.0. The van der Waals surface area contributed by atoms with Gasteiger partial charge in [-0.2, -0.15) is 23.4 Å². The molecule has 1 saturated carbocycles. The summed E-state index contributed by atoms with van der Waals surface area (Å²) in [6.45, 7) is 0.116. The predicted molar refractivity (Wildman–Crippen MR) is 115 cm³/mol. The van der Waals surface area contributed by atoms with Crippen LogP contribution < -0.4 is 5.69 Å². The first kappa shape index (κ1) is 20.7. The summed E-state index contributed by atoms with van der Waals surface area (Å²) >= 11 is 5.98. The van der Waals surface area contributed by atoms with E-state index in [1.165, 1.54) is 10.7 Å². The van der Waals surface area contributed by atoms with Crippen molar-refractivity contribution in [2.75, 3.05) is 0 Å². The molecule has 6 nitrogen and oxygen atoms in total. The summed E-state index contributed by atoms with van der Waals surface area (Å²) in [5, 5.41) is 13.3. The van der Waals surface area contributed by atoms with Crippen molar-refractivity contribution in [3.63, 3.8) is 0 Å². The monoisotopic (exact) mass is 459 g/mol. The van der Waals surface area contributed by atoms with Crippen molar-refractivity contribution in [2.45, 2.75) is 38.0 Å². The van der Waals surface area contributed by atoms with E-state index in [-0.39, 0.29) is 24.7 Å². The highest BCUT2D eigenvalue weighted by molar-refractivity contribution is 6.30. The average molecular weight is 460 g/mol. The molecule has 0 radical (unpaired) electrons. The van der Waals surface area contributed by atoms with Gasteiger partial charge in [-0.3, -0.25) is 4.57 Å². The number of benzene rings is 2. The maximum Gasteiger partial charge on any atom is 0.416 e. The minimum atomic E-state index is -4.43. The summed E-state index contributed by atoms with van der Waals surface area (Å²) in [4.78, 5) is 13.0. The van der Waals surface area contributed by atoms with Crippen LogP contribution in [-0.4, -0.2) is 25.8 Å². The van der Waals surface area contributed by atoms with Crippen LogP contribution >= 0.6 is 11.6 Å². The summed E-state index contributed by atoms with van der Waals surface area (Å²) in [6.07, 6.45) is -2.36. The number of alkyl halides is 3. The quantitative estimate of drug-likeness (QED) is 0.541. The Balaban J connectivity index is 1.38. The Morgan fingerprint density at radius 2 is 1.78 bits per heavy atom. The molecule has 164 valence electrons. The van der Waals surface area contributed by atoms with E-state index in [2.05, 4.69) is 15.3 Å². The van der Waals surface area contributed by atoms with Gasteiger partial charge >= 0.3 is 11.9 Å². The Bertz CT molecular complexity index is 1300. The van der Waals surface area contributed by atoms with Crippen molar-refractivity contribution in [1.82, 2.24) is 14.3 Å². The van der Waals surface area contributed by atoms with Gasteiger partial charge in [0.25, 0.3) is 0 Å². The van der Waals surface area contributed by atoms with Crippen LogP contribution in [0.2, 0.25) is 5.02 Å². The molecule has 1 aliphatic heterocycles. The largest absolute Gasteiger partial charge is 0.416 e. The van der Waals surface area contributed by atoms with Crippen molar-refractivity contribution in [3.05, 3.63) is 75.2 Å². The van der Waals surface area contributed by atoms with Crippen molar-refractivity contribution in [3.8, 4) is 11.4 Å². The second-order valence-electron chi connectivity index (χ2n) is 7.84. The van der Waals surface area contributed by atoms with Crippen molar-refractivity contribution < 1.29 is 13.2 Å². The maximum absolute atomic E-state index is 13.0. The Morgan fingerprint density at radius 1 is 1.03 bits per heavy atom. The van der Waals surface area contributed by atoms with E-state index in [1.54, 1.807) is 22.8 Å². The van der Waals surface area contributed by atoms with Crippen LogP contribution in [-0.2, 0) is 12.7 Å². The molecule has 1 fully saturated rings. The molecule has 32 heavy (non-hydrogen) atoms. The van der Waals surface area contributed by atoms with Gasteiger partial charge in [0.15, 0.2) is 5.82 Å². The van der Waals surface area contributed by atoms with E-state index < -0.39 is 11.7 Å². The van der Waals surface area contributed by atoms with E-state index in [1.807, 2.05) is 12.1 Å². The lowest BCUT2D eigenvalue weighted by Crippen LogP contribution is -2.27. The second-order valence-corrected chi connectivity index (χ2v) is 8.28. The molecule has 1 aromatic heterocycles. The minimum Gasteiger partial charge on any atom is -0.272 e. The third-order valence-electron chi connectivity index (χ3n) is 5.42. The molecule has 0 unspecified atom stereocenters. The first-order valence-corrected chi connectivity index (χ1v) is 10.4. The second kappa shape index (κ2) is 7.74. The normalized spacial score (nSPS) is 16.2. The lowest BCUT2D eigenvalue weighted by Gasteiger charge is -2.08. The van der Waals surface area contributed by atoms with E-state index in [9.17, 15) is 18.0 Å². The van der Waals surface area contributed by atoms with Gasteiger partial charge in [-0.25, -0.2) is 9.48 Å². The predicted octanol–water partition coefficient (Wildman–Crippen LogP) is 4.97. The highest BCUT2D eigenvalue weighted by atomic mass is 35.5. The Kier molecular flexibility index (Phi) is 5.00. The van der Waals surface area contributed by atoms with E-state index in [0.29, 0.717) is 27.8 Å². The van der Waals surface area contributed by atoms with Crippen LogP contribution in [0.25, 0.3) is 11.4 Å². The van der Waals surface area contributed by atoms with Crippen molar-refractivity contribution in [2.24, 2.45) is 10.2 Å². The summed E-state index contributed by atoms with van der Waals surface area (Å²) in [7, 11) is 0. The fraction of sp³-hybridized carbons (Fsp3) is 0.273. The van der Waals surface area contributed by atoms with Crippen LogP contribution in [0.1, 0.15) is 36.4 Å². The fourth-order valence-corrected chi connectivity index (χ4v) is 3.80. The molecular weight excluding hydrogens is 443 g/mol. The van der Waals surface area contributed by atoms with Gasteiger partial charge in [0.2, 0.25) is 0 Å². The lowest BCUT2D eigenvalue weighted by molar-refractivity contribution is -0.137. The maximum atomic E-state index is 13.0. The summed E-state index contributed by atoms with van der Waals surface area (Å²) in [5.41, 5.74) is 1.15. The van der Waals surface area contributed by atoms with Crippen LogP contribution in [0.15, 0.2) is 63.5 Å². The van der Waals surface area contributed by atoms with Gasteiger partial charge in [-0.15, -0.1) is 5.10 Å². The molecule has 2 aliphatic rings. The molecule has 0 amide bonds. The van der Waals surface area contributed by atoms with Gasteiger partial charge in [0, 0.05) is 23.0 Å². The zero-order chi connectivity index (χ0) is 22.5. The highest BCUT2D eigenvalue weighted by Crippen LogP contribution is 2.36. The van der Waals surface area contributed by atoms with Gasteiger partial charge < -0.3 is 0 Å². The Labute approximate surface area is 185 Å². The third kappa shape index (κ3) is 4.00. The van der Waals surface area contributed by atoms with Crippen LogP contribution in [0.5, 0.6) is 0 Å². The van der Waals surface area contributed by atoms with Gasteiger partial charge in [-0.05, 0) is 54.8 Å². The number of aromatic nitrogens is 3. The number of hydrogen-bond acceptors (Lipinski definition) is 4. The molecule has 0 spiro atoms. The molecule has 0 atom stereocenters. The summed E-state index contributed by atoms with van der Waals surface area (Å²) in [5.74, 6) is 0.562. The molecule has 5 rings (SSSR count). The molecule has 10 heteroatoms. The molecule has 1 aliphatic carbocycles. The zero-order valence-corrected chi connectivity index (χ0v) is 17.4. The Morgan fingerprint density at radius 3 is 2.47 bits per heavy atom. The average Bonchev–Trinajstić information content (AvgIpc) is 3.40. The van der Waals surface area contributed by atoms with E-state index >= 15 is 0 Å². The first-order chi connectivity index (χ1) is 15.3. The number of hydrogen-bond donors (Lipinski definition) is 0. The fourth-order valence-electron chi connectivity index (χ4n) is 3.67. The Hall–Kier alpha value is -3.20. The van der Waals surface area contributed by atoms with Gasteiger partial charge in [0.05, 0.1) is 23.5 Å². The third-order valence-corrected chi connectivity index (χ3v) is 5.68. The van der Waals surface area contributed by atoms with Crippen LogP contribution in [0.3, 0.4) is 0 Å². The molecule has 2 aromatic carbocycles. The molecular formula is C22H17ClF3N5O. The molecule has 3 aromatic rings. The van der Waals surface area contributed by atoms with Gasteiger partial charge in [-0.1, -0.05) is 23.7 Å². The highest BCUT2D eigenvalue weighted by Gasteiger charge is 2.32. The smallest absolute Gasteiger partial charge is 0.272 e. The SMILES string of the molecule is O=c1n(CC2=NN=C(c3cccc(C(F)(F)F)c3)C2)nc(-c2ccc(Cl)cc2)n1C1CC1. The van der Waals surface area contributed by atoms with Gasteiger partial charge in [0.1, 0.15) is 0 Å². The number of halogens is 4. The van der Waals surface area contributed by atoms with Crippen LogP contribution in [0.4, 0.5) is 13.2 Å². The molecule has 0 saturated heterocycles. The van der Waals surface area contributed by atoms with E-state index in [0.717, 1.165) is 30.5 Å². The van der Waals surface area contributed by atoms with Crippen LogP contribution in [0, 0.1) is 0 Å². The van der Waals surface area contributed by atoms with E-state index in [4.69, 9.17) is 11.6 Å². The standard InChI is InChI=1S/C22H17ClF3N5O/c23-16-6-4-13(5-7-16)20-29-30(21(32)31(20)18-8-9-18)12-17-11-19(28-27-17)14-2-1-3-15(10-14)22(24,25)26/h1-7,10,18H,8-9,11-12H2. The van der Waals surface area contributed by atoms with Crippen molar-refractivity contribution >= 4 is 23.0 Å². The summed E-state index contributed by atoms with van der Waals surface area (Å²) < 4.78 is 42.1. The summed E-state index contributed by atoms with van der Waals surface area (Å²) in [6, 6.07) is 12.2. The molecule has 2 heterocycles. The number of rotatable bonds is 5. The van der Waals surface area contributed by atoms with Crippen molar-refractivity contribution in [1.29, 1.82) is 0 Å². The number of nitrogens with zero attached hydrogens (tertiary/aromatic N) is 5.